The molecule has 2 aromatic heterocycles. The third-order valence-electron chi connectivity index (χ3n) is 4.18. The topological polar surface area (TPSA) is 58.3 Å². The van der Waals surface area contributed by atoms with Crippen molar-refractivity contribution in [2.75, 3.05) is 14.1 Å². The number of guanidine groups is 1. The zero-order valence-corrected chi connectivity index (χ0v) is 15.4. The second-order valence-corrected chi connectivity index (χ2v) is 6.15. The fourth-order valence-corrected chi connectivity index (χ4v) is 2.76. The van der Waals surface area contributed by atoms with E-state index >= 15 is 0 Å². The minimum absolute atomic E-state index is 0.646. The van der Waals surface area contributed by atoms with Crippen LogP contribution in [-0.4, -0.2) is 39.7 Å². The molecule has 1 N–H and O–H groups in total. The van der Waals surface area contributed by atoms with Crippen LogP contribution in [0.15, 0.2) is 66.0 Å². The number of pyridine rings is 1. The monoisotopic (exact) mass is 348 g/mol. The van der Waals surface area contributed by atoms with E-state index < -0.39 is 0 Å². The molecule has 0 aliphatic carbocycles. The molecule has 0 aliphatic heterocycles. The van der Waals surface area contributed by atoms with Gasteiger partial charge in [0.15, 0.2) is 5.96 Å². The van der Waals surface area contributed by atoms with Crippen molar-refractivity contribution in [2.45, 2.75) is 20.0 Å². The van der Waals surface area contributed by atoms with Gasteiger partial charge in [-0.25, -0.2) is 4.68 Å². The second-order valence-electron chi connectivity index (χ2n) is 6.15. The fraction of sp³-hybridized carbons (Fsp3) is 0.250. The van der Waals surface area contributed by atoms with E-state index in [2.05, 4.69) is 38.3 Å². The molecule has 0 unspecified atom stereocenters. The van der Waals surface area contributed by atoms with Crippen LogP contribution < -0.4 is 5.32 Å². The molecular weight excluding hydrogens is 324 g/mol. The van der Waals surface area contributed by atoms with Crippen molar-refractivity contribution >= 4 is 5.96 Å². The average molecular weight is 348 g/mol. The SMILES string of the molecule is CN=C(NCc1ncccc1C)N(C)Cc1cnn(-c2ccccc2)c1. The van der Waals surface area contributed by atoms with Gasteiger partial charge < -0.3 is 10.2 Å². The highest BCUT2D eigenvalue weighted by atomic mass is 15.3. The Morgan fingerprint density at radius 3 is 2.73 bits per heavy atom. The van der Waals surface area contributed by atoms with E-state index in [4.69, 9.17) is 0 Å². The van der Waals surface area contributed by atoms with Gasteiger partial charge in [0.05, 0.1) is 24.1 Å². The van der Waals surface area contributed by atoms with Gasteiger partial charge in [-0.15, -0.1) is 0 Å². The van der Waals surface area contributed by atoms with Crippen molar-refractivity contribution in [1.29, 1.82) is 0 Å². The summed E-state index contributed by atoms with van der Waals surface area (Å²) in [7, 11) is 3.80. The molecule has 26 heavy (non-hydrogen) atoms. The maximum Gasteiger partial charge on any atom is 0.194 e. The predicted molar refractivity (Wildman–Crippen MR) is 104 cm³/mol. The van der Waals surface area contributed by atoms with Crippen molar-refractivity contribution < 1.29 is 0 Å². The highest BCUT2D eigenvalue weighted by Crippen LogP contribution is 2.09. The van der Waals surface area contributed by atoms with Crippen LogP contribution in [0.3, 0.4) is 0 Å². The number of aryl methyl sites for hydroxylation is 1. The molecule has 0 spiro atoms. The first kappa shape index (κ1) is 17.7. The minimum atomic E-state index is 0.646. The number of nitrogens with one attached hydrogen (secondary N) is 1. The van der Waals surface area contributed by atoms with Crippen molar-refractivity contribution in [3.8, 4) is 5.69 Å². The first-order valence-electron chi connectivity index (χ1n) is 8.58. The van der Waals surface area contributed by atoms with Gasteiger partial charge in [-0.1, -0.05) is 24.3 Å². The van der Waals surface area contributed by atoms with Gasteiger partial charge in [0.1, 0.15) is 0 Å². The standard InChI is InChI=1S/C20H24N6/c1-16-8-7-11-22-19(16)13-23-20(21-2)25(3)14-17-12-24-26(15-17)18-9-5-4-6-10-18/h4-12,15H,13-14H2,1-3H3,(H,21,23). The third-order valence-corrected chi connectivity index (χ3v) is 4.18. The summed E-state index contributed by atoms with van der Waals surface area (Å²) in [6, 6.07) is 14.1. The zero-order chi connectivity index (χ0) is 18.4. The number of aromatic nitrogens is 3. The van der Waals surface area contributed by atoms with Crippen molar-refractivity contribution in [2.24, 2.45) is 4.99 Å². The molecule has 0 amide bonds. The van der Waals surface area contributed by atoms with Gasteiger partial charge in [-0.05, 0) is 30.7 Å². The lowest BCUT2D eigenvalue weighted by atomic mass is 10.2. The molecule has 2 heterocycles. The van der Waals surface area contributed by atoms with Crippen LogP contribution in [0.1, 0.15) is 16.8 Å². The van der Waals surface area contributed by atoms with Crippen LogP contribution in [-0.2, 0) is 13.1 Å². The summed E-state index contributed by atoms with van der Waals surface area (Å²) in [5, 5.41) is 7.82. The summed E-state index contributed by atoms with van der Waals surface area (Å²) < 4.78 is 1.89. The Hall–Kier alpha value is -3.15. The molecule has 0 fully saturated rings. The Morgan fingerprint density at radius 2 is 2.00 bits per heavy atom. The third kappa shape index (κ3) is 4.27. The molecule has 0 bridgehead atoms. The molecule has 0 atom stereocenters. The van der Waals surface area contributed by atoms with Gasteiger partial charge in [0.25, 0.3) is 0 Å². The number of rotatable bonds is 5. The molecule has 3 aromatic rings. The number of hydrogen-bond donors (Lipinski definition) is 1. The number of para-hydroxylation sites is 1. The van der Waals surface area contributed by atoms with E-state index in [-0.39, 0.29) is 0 Å². The maximum absolute atomic E-state index is 4.45. The van der Waals surface area contributed by atoms with Crippen LogP contribution in [0.4, 0.5) is 0 Å². The van der Waals surface area contributed by atoms with E-state index in [9.17, 15) is 0 Å². The summed E-state index contributed by atoms with van der Waals surface area (Å²) in [6.07, 6.45) is 5.75. The van der Waals surface area contributed by atoms with Crippen LogP contribution in [0.5, 0.6) is 0 Å². The zero-order valence-electron chi connectivity index (χ0n) is 15.4. The van der Waals surface area contributed by atoms with Crippen molar-refractivity contribution in [3.05, 3.63) is 77.9 Å². The van der Waals surface area contributed by atoms with Gasteiger partial charge in [-0.3, -0.25) is 9.98 Å². The molecule has 0 saturated heterocycles. The molecular formula is C20H24N6. The number of nitrogens with zero attached hydrogens (tertiary/aromatic N) is 5. The van der Waals surface area contributed by atoms with E-state index in [1.54, 1.807) is 7.05 Å². The molecule has 6 heteroatoms. The van der Waals surface area contributed by atoms with Gasteiger partial charge in [-0.2, -0.15) is 5.10 Å². The maximum atomic E-state index is 4.45. The fourth-order valence-electron chi connectivity index (χ4n) is 2.76. The Morgan fingerprint density at radius 1 is 1.19 bits per heavy atom. The number of hydrogen-bond acceptors (Lipinski definition) is 3. The van der Waals surface area contributed by atoms with E-state index in [0.717, 1.165) is 22.9 Å². The highest BCUT2D eigenvalue weighted by Gasteiger charge is 2.09. The summed E-state index contributed by atoms with van der Waals surface area (Å²) >= 11 is 0. The largest absolute Gasteiger partial charge is 0.351 e. The Balaban J connectivity index is 1.62. The van der Waals surface area contributed by atoms with Crippen molar-refractivity contribution in [1.82, 2.24) is 25.0 Å². The van der Waals surface area contributed by atoms with Gasteiger partial charge >= 0.3 is 0 Å². The Bertz CT molecular complexity index is 869. The van der Waals surface area contributed by atoms with E-state index in [1.165, 1.54) is 5.56 Å². The Labute approximate surface area is 154 Å². The van der Waals surface area contributed by atoms with Gasteiger partial charge in [0.2, 0.25) is 0 Å². The predicted octanol–water partition coefficient (Wildman–Crippen LogP) is 2.78. The highest BCUT2D eigenvalue weighted by molar-refractivity contribution is 5.79. The molecule has 3 rings (SSSR count). The lowest BCUT2D eigenvalue weighted by molar-refractivity contribution is 0.476. The smallest absolute Gasteiger partial charge is 0.194 e. The summed E-state index contributed by atoms with van der Waals surface area (Å²) in [5.41, 5.74) is 4.36. The quantitative estimate of drug-likeness (QED) is 0.569. The minimum Gasteiger partial charge on any atom is -0.351 e. The second kappa shape index (κ2) is 8.29. The first-order valence-corrected chi connectivity index (χ1v) is 8.58. The summed E-state index contributed by atoms with van der Waals surface area (Å²) in [4.78, 5) is 10.9. The molecule has 1 aromatic carbocycles. The van der Waals surface area contributed by atoms with E-state index in [1.807, 2.05) is 66.7 Å². The number of aliphatic imine (C=N–C) groups is 1. The Kier molecular flexibility index (Phi) is 5.63. The molecule has 0 aliphatic rings. The molecule has 0 saturated carbocycles. The molecule has 0 radical (unpaired) electrons. The lowest BCUT2D eigenvalue weighted by Gasteiger charge is -2.21. The molecule has 6 nitrogen and oxygen atoms in total. The average Bonchev–Trinajstić information content (AvgIpc) is 3.13. The first-order chi connectivity index (χ1) is 12.7. The molecule has 134 valence electrons. The van der Waals surface area contributed by atoms with Crippen molar-refractivity contribution in [3.63, 3.8) is 0 Å². The van der Waals surface area contributed by atoms with Crippen LogP contribution in [0.2, 0.25) is 0 Å². The number of benzene rings is 1. The van der Waals surface area contributed by atoms with Gasteiger partial charge in [0, 0.05) is 38.6 Å². The van der Waals surface area contributed by atoms with Crippen LogP contribution in [0.25, 0.3) is 5.69 Å². The summed E-state index contributed by atoms with van der Waals surface area (Å²) in [5.74, 6) is 0.822. The lowest BCUT2D eigenvalue weighted by Crippen LogP contribution is -2.38. The van der Waals surface area contributed by atoms with Crippen LogP contribution >= 0.6 is 0 Å². The van der Waals surface area contributed by atoms with Crippen LogP contribution in [0, 0.1) is 6.92 Å². The summed E-state index contributed by atoms with van der Waals surface area (Å²) in [6.45, 7) is 3.43. The normalized spacial score (nSPS) is 11.4. The van der Waals surface area contributed by atoms with E-state index in [0.29, 0.717) is 13.1 Å².